The third-order valence-electron chi connectivity index (χ3n) is 1.55. The van der Waals surface area contributed by atoms with Gasteiger partial charge in [-0.2, -0.15) is 0 Å². The monoisotopic (exact) mass is 222 g/mol. The van der Waals surface area contributed by atoms with E-state index in [1.54, 1.807) is 0 Å². The van der Waals surface area contributed by atoms with Gasteiger partial charge in [0.05, 0.1) is 13.0 Å². The van der Waals surface area contributed by atoms with Crippen LogP contribution in [0.3, 0.4) is 0 Å². The molecule has 0 saturated heterocycles. The maximum Gasteiger partial charge on any atom is 0.339 e. The summed E-state index contributed by atoms with van der Waals surface area (Å²) in [7, 11) is 0. The fourth-order valence-electron chi connectivity index (χ4n) is 0.802. The average Bonchev–Trinajstić information content (AvgIpc) is 2.11. The van der Waals surface area contributed by atoms with Gasteiger partial charge in [0.15, 0.2) is 5.60 Å². The van der Waals surface area contributed by atoms with Gasteiger partial charge in [-0.1, -0.05) is 0 Å². The summed E-state index contributed by atoms with van der Waals surface area (Å²) in [6.45, 7) is -2.12. The van der Waals surface area contributed by atoms with Crippen LogP contribution in [0, 0.1) is 0 Å². The van der Waals surface area contributed by atoms with Gasteiger partial charge < -0.3 is 25.2 Å². The third-order valence-corrected chi connectivity index (χ3v) is 1.55. The molecule has 4 N–H and O–H groups in total. The molecule has 0 aliphatic carbocycles. The van der Waals surface area contributed by atoms with Gasteiger partial charge in [0.1, 0.15) is 6.61 Å². The van der Waals surface area contributed by atoms with Gasteiger partial charge in [0.25, 0.3) is 0 Å². The summed E-state index contributed by atoms with van der Waals surface area (Å²) >= 11 is 0. The summed E-state index contributed by atoms with van der Waals surface area (Å²) in [5.74, 6) is -4.70. The molecule has 1 unspecified atom stereocenters. The Morgan fingerprint density at radius 1 is 1.07 bits per heavy atom. The summed E-state index contributed by atoms with van der Waals surface area (Å²) in [5.41, 5.74) is -2.41. The predicted octanol–water partition coefficient (Wildman–Crippen LogP) is -1.62. The van der Waals surface area contributed by atoms with E-state index in [0.29, 0.717) is 0 Å². The molecule has 0 bridgehead atoms. The van der Waals surface area contributed by atoms with Crippen molar-refractivity contribution in [3.05, 3.63) is 0 Å². The van der Waals surface area contributed by atoms with Gasteiger partial charge >= 0.3 is 17.9 Å². The van der Waals surface area contributed by atoms with Crippen LogP contribution < -0.4 is 0 Å². The maximum absolute atomic E-state index is 10.7. The SMILES string of the molecule is O=C(O)COC(CO)(CC(=O)O)C(=O)O. The number of carboxylic acid groups (broad SMARTS) is 3. The average molecular weight is 222 g/mol. The molecule has 0 aromatic heterocycles. The summed E-state index contributed by atoms with van der Waals surface area (Å²) in [4.78, 5) is 31.1. The van der Waals surface area contributed by atoms with Crippen LogP contribution in [0.1, 0.15) is 6.42 Å². The smallest absolute Gasteiger partial charge is 0.339 e. The summed E-state index contributed by atoms with van der Waals surface area (Å²) in [6.07, 6.45) is -1.02. The fourth-order valence-corrected chi connectivity index (χ4v) is 0.802. The van der Waals surface area contributed by atoms with Gasteiger partial charge in [0, 0.05) is 0 Å². The molecule has 1 atom stereocenters. The van der Waals surface area contributed by atoms with Crippen molar-refractivity contribution >= 4 is 17.9 Å². The molecule has 8 heteroatoms. The van der Waals surface area contributed by atoms with E-state index in [1.165, 1.54) is 0 Å². The molecule has 0 aliphatic rings. The Balaban J connectivity index is 4.72. The molecule has 0 spiro atoms. The summed E-state index contributed by atoms with van der Waals surface area (Å²) in [6, 6.07) is 0. The lowest BCUT2D eigenvalue weighted by atomic mass is 10.0. The van der Waals surface area contributed by atoms with E-state index in [2.05, 4.69) is 4.74 Å². The van der Waals surface area contributed by atoms with E-state index in [0.717, 1.165) is 0 Å². The van der Waals surface area contributed by atoms with Gasteiger partial charge in [-0.05, 0) is 0 Å². The molecule has 0 aromatic rings. The molecule has 0 aliphatic heterocycles. The maximum atomic E-state index is 10.7. The Bertz CT molecular complexity index is 272. The molecule has 15 heavy (non-hydrogen) atoms. The number of carboxylic acids is 3. The van der Waals surface area contributed by atoms with Crippen LogP contribution in [0.4, 0.5) is 0 Å². The molecule has 0 heterocycles. The second kappa shape index (κ2) is 5.27. The Labute approximate surface area is 83.7 Å². The normalized spacial score (nSPS) is 14.2. The first-order valence-corrected chi connectivity index (χ1v) is 3.76. The Morgan fingerprint density at radius 3 is 1.87 bits per heavy atom. The molecule has 86 valence electrons. The van der Waals surface area contributed by atoms with Gasteiger partial charge in [-0.25, -0.2) is 9.59 Å². The predicted molar refractivity (Wildman–Crippen MR) is 43.3 cm³/mol. The molecular formula is C7H10O8. The van der Waals surface area contributed by atoms with Gasteiger partial charge in [-0.15, -0.1) is 0 Å². The number of aliphatic carboxylic acids is 3. The van der Waals surface area contributed by atoms with Crippen molar-refractivity contribution in [2.45, 2.75) is 12.0 Å². The van der Waals surface area contributed by atoms with Crippen molar-refractivity contribution < 1.29 is 39.5 Å². The summed E-state index contributed by atoms with van der Waals surface area (Å²) < 4.78 is 4.38. The zero-order valence-electron chi connectivity index (χ0n) is 7.54. The van der Waals surface area contributed by atoms with Crippen molar-refractivity contribution in [1.29, 1.82) is 0 Å². The summed E-state index contributed by atoms with van der Waals surface area (Å²) in [5, 5.41) is 34.0. The van der Waals surface area contributed by atoms with Crippen LogP contribution in [0.25, 0.3) is 0 Å². The molecule has 0 radical (unpaired) electrons. The minimum Gasteiger partial charge on any atom is -0.481 e. The molecule has 0 rings (SSSR count). The van der Waals surface area contributed by atoms with E-state index in [1.807, 2.05) is 0 Å². The minimum atomic E-state index is -2.41. The first-order chi connectivity index (χ1) is 6.84. The van der Waals surface area contributed by atoms with Crippen LogP contribution in [-0.2, 0) is 19.1 Å². The highest BCUT2D eigenvalue weighted by Crippen LogP contribution is 2.16. The van der Waals surface area contributed by atoms with Crippen LogP contribution in [0.5, 0.6) is 0 Å². The standard InChI is InChI=1S/C7H10O8/c8-3-7(6(13)14,1-4(9)10)15-2-5(11)12/h8H,1-3H2,(H,9,10)(H,11,12)(H,13,14). The molecule has 8 nitrogen and oxygen atoms in total. The highest BCUT2D eigenvalue weighted by molar-refractivity contribution is 5.84. The lowest BCUT2D eigenvalue weighted by Crippen LogP contribution is -2.48. The molecule has 0 amide bonds. The second-order valence-electron chi connectivity index (χ2n) is 2.71. The van der Waals surface area contributed by atoms with E-state index < -0.39 is 43.1 Å². The van der Waals surface area contributed by atoms with Crippen LogP contribution in [0.15, 0.2) is 0 Å². The lowest BCUT2D eigenvalue weighted by Gasteiger charge is -2.24. The van der Waals surface area contributed by atoms with Crippen molar-refractivity contribution in [1.82, 2.24) is 0 Å². The fraction of sp³-hybridized carbons (Fsp3) is 0.571. The zero-order valence-corrected chi connectivity index (χ0v) is 7.54. The number of carbonyl (C=O) groups is 3. The Morgan fingerprint density at radius 2 is 1.60 bits per heavy atom. The third kappa shape index (κ3) is 3.92. The van der Waals surface area contributed by atoms with Crippen molar-refractivity contribution in [3.63, 3.8) is 0 Å². The number of hydrogen-bond acceptors (Lipinski definition) is 5. The number of aliphatic hydroxyl groups excluding tert-OH is 1. The van der Waals surface area contributed by atoms with Gasteiger partial charge in [-0.3, -0.25) is 4.79 Å². The molecule has 0 aromatic carbocycles. The highest BCUT2D eigenvalue weighted by Gasteiger charge is 2.42. The van der Waals surface area contributed by atoms with Crippen molar-refractivity contribution in [2.75, 3.05) is 13.2 Å². The molecule has 0 saturated carbocycles. The number of rotatable bonds is 7. The molecular weight excluding hydrogens is 212 g/mol. The topological polar surface area (TPSA) is 141 Å². The quantitative estimate of drug-likeness (QED) is 0.402. The number of ether oxygens (including phenoxy) is 1. The largest absolute Gasteiger partial charge is 0.481 e. The van der Waals surface area contributed by atoms with E-state index in [-0.39, 0.29) is 0 Å². The number of aliphatic hydroxyl groups is 1. The van der Waals surface area contributed by atoms with E-state index in [4.69, 9.17) is 20.4 Å². The zero-order chi connectivity index (χ0) is 12.1. The first kappa shape index (κ1) is 13.3. The Kier molecular flexibility index (Phi) is 4.68. The van der Waals surface area contributed by atoms with Crippen LogP contribution in [0.2, 0.25) is 0 Å². The van der Waals surface area contributed by atoms with Crippen LogP contribution in [-0.4, -0.2) is 57.1 Å². The van der Waals surface area contributed by atoms with Crippen molar-refractivity contribution in [2.24, 2.45) is 0 Å². The van der Waals surface area contributed by atoms with Crippen molar-refractivity contribution in [3.8, 4) is 0 Å². The van der Waals surface area contributed by atoms with Gasteiger partial charge in [0.2, 0.25) is 0 Å². The minimum absolute atomic E-state index is 1.000. The van der Waals surface area contributed by atoms with E-state index >= 15 is 0 Å². The number of hydrogen-bond donors (Lipinski definition) is 4. The molecule has 0 fully saturated rings. The highest BCUT2D eigenvalue weighted by atomic mass is 16.6. The first-order valence-electron chi connectivity index (χ1n) is 3.76. The second-order valence-corrected chi connectivity index (χ2v) is 2.71. The Hall–Kier alpha value is -1.67. The van der Waals surface area contributed by atoms with Crippen LogP contribution >= 0.6 is 0 Å². The van der Waals surface area contributed by atoms with E-state index in [9.17, 15) is 14.4 Å². The lowest BCUT2D eigenvalue weighted by molar-refractivity contribution is -0.182.